The first kappa shape index (κ1) is 17.5. The molecule has 1 atom stereocenters. The molecule has 0 fully saturated rings. The van der Waals surface area contributed by atoms with Gasteiger partial charge in [-0.3, -0.25) is 0 Å². The van der Waals surface area contributed by atoms with E-state index in [4.69, 9.17) is 0 Å². The van der Waals surface area contributed by atoms with E-state index in [-0.39, 0.29) is 0 Å². The molecule has 0 saturated carbocycles. The molecule has 0 radical (unpaired) electrons. The number of nitrogens with one attached hydrogen (secondary N) is 2. The quantitative estimate of drug-likeness (QED) is 0.772. The van der Waals surface area contributed by atoms with E-state index in [2.05, 4.69) is 26.6 Å². The van der Waals surface area contributed by atoms with Gasteiger partial charge in [-0.2, -0.15) is 0 Å². The predicted molar refractivity (Wildman–Crippen MR) is 86.6 cm³/mol. The molecule has 0 spiro atoms. The van der Waals surface area contributed by atoms with E-state index in [0.717, 1.165) is 15.6 Å². The molecule has 21 heavy (non-hydrogen) atoms. The number of halogens is 1. The molecule has 0 aliphatic carbocycles. The summed E-state index contributed by atoms with van der Waals surface area (Å²) in [6.07, 6.45) is 0. The fourth-order valence-corrected chi connectivity index (χ4v) is 2.78. The molecule has 0 aromatic heterocycles. The Hall–Kier alpha value is -1.56. The van der Waals surface area contributed by atoms with Gasteiger partial charge < -0.3 is 15.7 Å². The summed E-state index contributed by atoms with van der Waals surface area (Å²) in [6.45, 7) is 9.13. The molecule has 1 rings (SSSR count). The van der Waals surface area contributed by atoms with Crippen LogP contribution >= 0.6 is 15.9 Å². The first-order chi connectivity index (χ1) is 9.52. The van der Waals surface area contributed by atoms with Gasteiger partial charge in [0.2, 0.25) is 0 Å². The molecule has 0 aliphatic heterocycles. The van der Waals surface area contributed by atoms with Gasteiger partial charge in [0.05, 0.1) is 5.69 Å². The third-order valence-corrected chi connectivity index (χ3v) is 3.68. The Kier molecular flexibility index (Phi) is 5.39. The number of urea groups is 1. The number of anilines is 1. The van der Waals surface area contributed by atoms with Crippen molar-refractivity contribution in [2.24, 2.45) is 5.41 Å². The Morgan fingerprint density at radius 1 is 1.24 bits per heavy atom. The van der Waals surface area contributed by atoms with Gasteiger partial charge in [0, 0.05) is 4.47 Å². The van der Waals surface area contributed by atoms with Gasteiger partial charge in [0.25, 0.3) is 0 Å². The zero-order valence-electron chi connectivity index (χ0n) is 12.9. The van der Waals surface area contributed by atoms with Crippen LogP contribution in [0.2, 0.25) is 0 Å². The average molecular weight is 357 g/mol. The van der Waals surface area contributed by atoms with Crippen LogP contribution in [0.4, 0.5) is 10.5 Å². The molecule has 0 heterocycles. The highest BCUT2D eigenvalue weighted by atomic mass is 79.9. The lowest BCUT2D eigenvalue weighted by molar-refractivity contribution is -0.141. The van der Waals surface area contributed by atoms with Crippen molar-refractivity contribution in [2.75, 3.05) is 5.32 Å². The van der Waals surface area contributed by atoms with Crippen molar-refractivity contribution in [1.29, 1.82) is 0 Å². The topological polar surface area (TPSA) is 78.4 Å². The Labute approximate surface area is 133 Å². The minimum Gasteiger partial charge on any atom is -0.480 e. The molecule has 5 nitrogen and oxygen atoms in total. The van der Waals surface area contributed by atoms with Gasteiger partial charge in [-0.1, -0.05) is 26.8 Å². The van der Waals surface area contributed by atoms with E-state index in [1.54, 1.807) is 20.8 Å². The largest absolute Gasteiger partial charge is 0.480 e. The molecular formula is C15H21BrN2O3. The molecule has 1 aromatic rings. The van der Waals surface area contributed by atoms with Crippen molar-refractivity contribution < 1.29 is 14.7 Å². The number of rotatable bonds is 3. The molecular weight excluding hydrogens is 336 g/mol. The second kappa shape index (κ2) is 6.47. The van der Waals surface area contributed by atoms with Gasteiger partial charge in [0.1, 0.15) is 6.04 Å². The zero-order valence-corrected chi connectivity index (χ0v) is 14.5. The lowest BCUT2D eigenvalue weighted by Crippen LogP contribution is -2.50. The summed E-state index contributed by atoms with van der Waals surface area (Å²) in [4.78, 5) is 23.3. The Balaban J connectivity index is 2.90. The first-order valence-electron chi connectivity index (χ1n) is 6.59. The summed E-state index contributed by atoms with van der Waals surface area (Å²) in [5.41, 5.74) is 2.03. The fraction of sp³-hybridized carbons (Fsp3) is 0.467. The number of benzene rings is 1. The SMILES string of the molecule is Cc1cc(C)c(NC(=O)NC(C(=O)O)C(C)(C)C)c(Br)c1. The number of carbonyl (C=O) groups is 2. The van der Waals surface area contributed by atoms with Crippen molar-refractivity contribution in [3.8, 4) is 0 Å². The van der Waals surface area contributed by atoms with E-state index >= 15 is 0 Å². The summed E-state index contributed by atoms with van der Waals surface area (Å²) in [6, 6.07) is 2.33. The summed E-state index contributed by atoms with van der Waals surface area (Å²) < 4.78 is 0.762. The molecule has 0 bridgehead atoms. The molecule has 0 saturated heterocycles. The Morgan fingerprint density at radius 3 is 2.24 bits per heavy atom. The van der Waals surface area contributed by atoms with Crippen LogP contribution in [0, 0.1) is 19.3 Å². The molecule has 2 amide bonds. The van der Waals surface area contributed by atoms with Crippen molar-refractivity contribution in [2.45, 2.75) is 40.7 Å². The monoisotopic (exact) mass is 356 g/mol. The number of carbonyl (C=O) groups excluding carboxylic acids is 1. The Morgan fingerprint density at radius 2 is 1.81 bits per heavy atom. The van der Waals surface area contributed by atoms with Crippen molar-refractivity contribution in [3.63, 3.8) is 0 Å². The zero-order chi connectivity index (χ0) is 16.4. The minimum absolute atomic E-state index is 0.537. The number of carboxylic acids is 1. The van der Waals surface area contributed by atoms with Gasteiger partial charge in [-0.05, 0) is 52.4 Å². The molecule has 6 heteroatoms. The molecule has 1 unspecified atom stereocenters. The number of amides is 2. The molecule has 1 aromatic carbocycles. The third-order valence-electron chi connectivity index (χ3n) is 3.06. The van der Waals surface area contributed by atoms with Crippen LogP contribution in [0.25, 0.3) is 0 Å². The number of aliphatic carboxylic acids is 1. The van der Waals surface area contributed by atoms with E-state index in [1.165, 1.54) is 0 Å². The maximum absolute atomic E-state index is 12.1. The van der Waals surface area contributed by atoms with E-state index < -0.39 is 23.5 Å². The lowest BCUT2D eigenvalue weighted by Gasteiger charge is -2.28. The summed E-state index contributed by atoms with van der Waals surface area (Å²) in [5.74, 6) is -1.06. The van der Waals surface area contributed by atoms with Crippen LogP contribution in [0.1, 0.15) is 31.9 Å². The van der Waals surface area contributed by atoms with Crippen LogP contribution in [-0.4, -0.2) is 23.1 Å². The van der Waals surface area contributed by atoms with Crippen LogP contribution < -0.4 is 10.6 Å². The van der Waals surface area contributed by atoms with Crippen LogP contribution in [0.5, 0.6) is 0 Å². The highest BCUT2D eigenvalue weighted by molar-refractivity contribution is 9.10. The van der Waals surface area contributed by atoms with Gasteiger partial charge >= 0.3 is 12.0 Å². The van der Waals surface area contributed by atoms with Crippen molar-refractivity contribution in [1.82, 2.24) is 5.32 Å². The maximum atomic E-state index is 12.1. The van der Waals surface area contributed by atoms with Crippen molar-refractivity contribution in [3.05, 3.63) is 27.7 Å². The minimum atomic E-state index is -1.06. The molecule has 116 valence electrons. The number of aryl methyl sites for hydroxylation is 2. The average Bonchev–Trinajstić information content (AvgIpc) is 2.28. The predicted octanol–water partition coefficient (Wildman–Crippen LogP) is 3.69. The van der Waals surface area contributed by atoms with E-state index in [1.807, 2.05) is 26.0 Å². The normalized spacial score (nSPS) is 12.7. The van der Waals surface area contributed by atoms with Crippen LogP contribution in [0.15, 0.2) is 16.6 Å². The lowest BCUT2D eigenvalue weighted by atomic mass is 9.87. The number of hydrogen-bond acceptors (Lipinski definition) is 2. The summed E-state index contributed by atoms with van der Waals surface area (Å²) in [5, 5.41) is 14.4. The Bertz CT molecular complexity index is 542. The molecule has 0 aliphatic rings. The maximum Gasteiger partial charge on any atom is 0.326 e. The second-order valence-corrected chi connectivity index (χ2v) is 7.03. The van der Waals surface area contributed by atoms with Gasteiger partial charge in [-0.15, -0.1) is 0 Å². The fourth-order valence-electron chi connectivity index (χ4n) is 2.00. The van der Waals surface area contributed by atoms with Gasteiger partial charge in [-0.25, -0.2) is 9.59 Å². The van der Waals surface area contributed by atoms with E-state index in [9.17, 15) is 14.7 Å². The smallest absolute Gasteiger partial charge is 0.326 e. The van der Waals surface area contributed by atoms with Crippen molar-refractivity contribution >= 4 is 33.6 Å². The van der Waals surface area contributed by atoms with Crippen LogP contribution in [0.3, 0.4) is 0 Å². The third kappa shape index (κ3) is 4.74. The summed E-state index contributed by atoms with van der Waals surface area (Å²) >= 11 is 3.40. The number of carboxylic acid groups (broad SMARTS) is 1. The van der Waals surface area contributed by atoms with E-state index in [0.29, 0.717) is 5.69 Å². The number of hydrogen-bond donors (Lipinski definition) is 3. The highest BCUT2D eigenvalue weighted by Crippen LogP contribution is 2.28. The standard InChI is InChI=1S/C15H21BrN2O3/c1-8-6-9(2)11(10(16)7-8)17-14(21)18-12(13(19)20)15(3,4)5/h6-7,12H,1-5H3,(H,19,20)(H2,17,18,21). The highest BCUT2D eigenvalue weighted by Gasteiger charge is 2.32. The second-order valence-electron chi connectivity index (χ2n) is 6.17. The molecule has 3 N–H and O–H groups in total. The first-order valence-corrected chi connectivity index (χ1v) is 7.38. The van der Waals surface area contributed by atoms with Gasteiger partial charge in [0.15, 0.2) is 0 Å². The van der Waals surface area contributed by atoms with Crippen LogP contribution in [-0.2, 0) is 4.79 Å². The summed E-state index contributed by atoms with van der Waals surface area (Å²) in [7, 11) is 0.